The lowest BCUT2D eigenvalue weighted by Crippen LogP contribution is -2.14. The second-order valence-electron chi connectivity index (χ2n) is 5.97. The monoisotopic (exact) mass is 286 g/mol. The fourth-order valence-corrected chi connectivity index (χ4v) is 3.20. The molecule has 1 atom stereocenters. The summed E-state index contributed by atoms with van der Waals surface area (Å²) in [6, 6.07) is 5.75. The quantitative estimate of drug-likeness (QED) is 0.871. The fourth-order valence-electron chi connectivity index (χ4n) is 3.20. The number of carbonyl (C=O) groups is 1. The zero-order chi connectivity index (χ0) is 15.0. The molecular formula is C17H22N2O2. The Hall–Kier alpha value is -1.84. The first kappa shape index (κ1) is 14.1. The number of carboxylic acids is 1. The number of aromatic carboxylic acids is 1. The number of aryl methyl sites for hydroxylation is 1. The molecule has 0 aliphatic heterocycles. The number of hydrogen-bond donors (Lipinski definition) is 1. The lowest BCUT2D eigenvalue weighted by molar-refractivity contribution is 0.0698. The van der Waals surface area contributed by atoms with Crippen LogP contribution in [0.25, 0.3) is 11.0 Å². The Morgan fingerprint density at radius 2 is 2.19 bits per heavy atom. The van der Waals surface area contributed by atoms with Gasteiger partial charge in [0.25, 0.3) is 0 Å². The largest absolute Gasteiger partial charge is 0.478 e. The van der Waals surface area contributed by atoms with Crippen LogP contribution in [0.1, 0.15) is 61.8 Å². The number of carboxylic acid groups (broad SMARTS) is 1. The van der Waals surface area contributed by atoms with Crippen LogP contribution in [-0.4, -0.2) is 20.6 Å². The normalized spacial score (nSPS) is 16.3. The van der Waals surface area contributed by atoms with Crippen molar-refractivity contribution < 1.29 is 9.90 Å². The van der Waals surface area contributed by atoms with Crippen molar-refractivity contribution in [1.29, 1.82) is 0 Å². The second kappa shape index (κ2) is 5.51. The molecule has 3 rings (SSSR count). The van der Waals surface area contributed by atoms with E-state index in [0.717, 1.165) is 42.0 Å². The molecule has 112 valence electrons. The van der Waals surface area contributed by atoms with Crippen molar-refractivity contribution in [1.82, 2.24) is 9.55 Å². The van der Waals surface area contributed by atoms with Gasteiger partial charge in [0.15, 0.2) is 0 Å². The molecule has 1 N–H and O–H groups in total. The van der Waals surface area contributed by atoms with Gasteiger partial charge in [-0.25, -0.2) is 9.78 Å². The minimum absolute atomic E-state index is 0.359. The molecule has 1 aliphatic carbocycles. The summed E-state index contributed by atoms with van der Waals surface area (Å²) in [6.07, 6.45) is 5.62. The van der Waals surface area contributed by atoms with E-state index in [1.807, 2.05) is 6.07 Å². The van der Waals surface area contributed by atoms with E-state index in [0.29, 0.717) is 11.6 Å². The smallest absolute Gasteiger partial charge is 0.337 e. The van der Waals surface area contributed by atoms with Crippen molar-refractivity contribution in [2.45, 2.75) is 52.0 Å². The van der Waals surface area contributed by atoms with Gasteiger partial charge in [-0.15, -0.1) is 0 Å². The predicted molar refractivity (Wildman–Crippen MR) is 82.7 cm³/mol. The third-order valence-corrected chi connectivity index (χ3v) is 4.47. The Bertz CT molecular complexity index is 671. The molecule has 0 spiro atoms. The summed E-state index contributed by atoms with van der Waals surface area (Å²) in [5.74, 6) is 0.950. The Morgan fingerprint density at radius 3 is 2.76 bits per heavy atom. The molecule has 4 heteroatoms. The Morgan fingerprint density at radius 1 is 1.43 bits per heavy atom. The van der Waals surface area contributed by atoms with Crippen molar-refractivity contribution in [2.24, 2.45) is 5.92 Å². The van der Waals surface area contributed by atoms with Crippen LogP contribution in [0.4, 0.5) is 0 Å². The lowest BCUT2D eigenvalue weighted by Gasteiger charge is -2.20. The van der Waals surface area contributed by atoms with Gasteiger partial charge in [-0.1, -0.05) is 32.8 Å². The maximum atomic E-state index is 11.6. The van der Waals surface area contributed by atoms with Gasteiger partial charge in [-0.3, -0.25) is 0 Å². The average Bonchev–Trinajstić information content (AvgIpc) is 3.22. The first-order valence-corrected chi connectivity index (χ1v) is 7.88. The highest BCUT2D eigenvalue weighted by Crippen LogP contribution is 2.39. The van der Waals surface area contributed by atoms with Crippen LogP contribution in [0.15, 0.2) is 18.2 Å². The zero-order valence-corrected chi connectivity index (χ0v) is 12.7. The fraction of sp³-hybridized carbons (Fsp3) is 0.529. The maximum absolute atomic E-state index is 11.6. The second-order valence-corrected chi connectivity index (χ2v) is 5.97. The summed E-state index contributed by atoms with van der Waals surface area (Å²) in [6.45, 7) is 4.27. The van der Waals surface area contributed by atoms with Crippen molar-refractivity contribution in [3.8, 4) is 0 Å². The van der Waals surface area contributed by atoms with Crippen molar-refractivity contribution in [2.75, 3.05) is 0 Å². The maximum Gasteiger partial charge on any atom is 0.337 e. The number of imidazole rings is 1. The van der Waals surface area contributed by atoms with E-state index in [-0.39, 0.29) is 0 Å². The van der Waals surface area contributed by atoms with Gasteiger partial charge in [0.2, 0.25) is 0 Å². The molecule has 2 aromatic rings. The molecule has 1 aromatic carbocycles. The van der Waals surface area contributed by atoms with Gasteiger partial charge in [0, 0.05) is 12.5 Å². The number of fused-ring (bicyclic) bond motifs is 1. The number of rotatable bonds is 6. The molecule has 1 saturated carbocycles. The molecule has 1 unspecified atom stereocenters. The predicted octanol–water partition coefficient (Wildman–Crippen LogP) is 4.05. The highest BCUT2D eigenvalue weighted by molar-refractivity contribution is 6.01. The first-order chi connectivity index (χ1) is 10.2. The molecule has 0 saturated heterocycles. The molecule has 4 nitrogen and oxygen atoms in total. The zero-order valence-electron chi connectivity index (χ0n) is 12.7. The SMILES string of the molecule is CCc1nc2cccc(C(=O)O)c2n1C(CC)CC1CC1. The molecule has 0 bridgehead atoms. The van der Waals surface area contributed by atoms with E-state index in [4.69, 9.17) is 0 Å². The highest BCUT2D eigenvalue weighted by atomic mass is 16.4. The van der Waals surface area contributed by atoms with Crippen LogP contribution in [0.5, 0.6) is 0 Å². The van der Waals surface area contributed by atoms with Crippen LogP contribution >= 0.6 is 0 Å². The van der Waals surface area contributed by atoms with E-state index < -0.39 is 5.97 Å². The number of benzene rings is 1. The minimum Gasteiger partial charge on any atom is -0.478 e. The van der Waals surface area contributed by atoms with E-state index in [2.05, 4.69) is 23.4 Å². The van der Waals surface area contributed by atoms with Gasteiger partial charge in [-0.2, -0.15) is 0 Å². The number of nitrogens with zero attached hydrogens (tertiary/aromatic N) is 2. The van der Waals surface area contributed by atoms with Crippen molar-refractivity contribution in [3.05, 3.63) is 29.6 Å². The summed E-state index contributed by atoms with van der Waals surface area (Å²) in [5.41, 5.74) is 1.98. The van der Waals surface area contributed by atoms with E-state index in [9.17, 15) is 9.90 Å². The number of aromatic nitrogens is 2. The van der Waals surface area contributed by atoms with E-state index in [1.54, 1.807) is 12.1 Å². The molecule has 21 heavy (non-hydrogen) atoms. The van der Waals surface area contributed by atoms with Crippen LogP contribution in [0, 0.1) is 5.92 Å². The van der Waals surface area contributed by atoms with Crippen molar-refractivity contribution in [3.63, 3.8) is 0 Å². The summed E-state index contributed by atoms with van der Waals surface area (Å²) in [4.78, 5) is 16.2. The van der Waals surface area contributed by atoms with Crippen LogP contribution in [-0.2, 0) is 6.42 Å². The number of para-hydroxylation sites is 1. The summed E-state index contributed by atoms with van der Waals surface area (Å²) in [5, 5.41) is 9.50. The van der Waals surface area contributed by atoms with E-state index >= 15 is 0 Å². The topological polar surface area (TPSA) is 55.1 Å². The summed E-state index contributed by atoms with van der Waals surface area (Å²) in [7, 11) is 0. The molecule has 1 fully saturated rings. The lowest BCUT2D eigenvalue weighted by atomic mass is 10.1. The summed E-state index contributed by atoms with van der Waals surface area (Å²) >= 11 is 0. The van der Waals surface area contributed by atoms with Crippen LogP contribution in [0.3, 0.4) is 0 Å². The van der Waals surface area contributed by atoms with Crippen molar-refractivity contribution >= 4 is 17.0 Å². The third-order valence-electron chi connectivity index (χ3n) is 4.47. The summed E-state index contributed by atoms with van der Waals surface area (Å²) < 4.78 is 2.21. The molecule has 1 aromatic heterocycles. The first-order valence-electron chi connectivity index (χ1n) is 7.88. The third kappa shape index (κ3) is 2.55. The molecule has 1 aliphatic rings. The van der Waals surface area contributed by atoms with Gasteiger partial charge in [-0.05, 0) is 30.9 Å². The standard InChI is InChI=1S/C17H22N2O2/c1-3-12(10-11-8-9-11)19-15(4-2)18-14-7-5-6-13(16(14)19)17(20)21/h5-7,11-12H,3-4,8-10H2,1-2H3,(H,20,21). The van der Waals surface area contributed by atoms with Gasteiger partial charge in [0.1, 0.15) is 5.82 Å². The average molecular weight is 286 g/mol. The molecule has 0 radical (unpaired) electrons. The van der Waals surface area contributed by atoms with E-state index in [1.165, 1.54) is 12.8 Å². The van der Waals surface area contributed by atoms with Gasteiger partial charge in [0.05, 0.1) is 16.6 Å². The number of hydrogen-bond acceptors (Lipinski definition) is 2. The Balaban J connectivity index is 2.19. The molecular weight excluding hydrogens is 264 g/mol. The molecule has 1 heterocycles. The Kier molecular flexibility index (Phi) is 3.70. The highest BCUT2D eigenvalue weighted by Gasteiger charge is 2.28. The molecule has 0 amide bonds. The Labute approximate surface area is 124 Å². The van der Waals surface area contributed by atoms with Crippen LogP contribution in [0.2, 0.25) is 0 Å². The van der Waals surface area contributed by atoms with Gasteiger partial charge < -0.3 is 9.67 Å². The van der Waals surface area contributed by atoms with Gasteiger partial charge >= 0.3 is 5.97 Å². The van der Waals surface area contributed by atoms with Crippen LogP contribution < -0.4 is 0 Å². The minimum atomic E-state index is -0.870.